The summed E-state index contributed by atoms with van der Waals surface area (Å²) in [5.74, 6) is 0.877. The van der Waals surface area contributed by atoms with E-state index in [1.165, 1.54) is 5.69 Å². The Morgan fingerprint density at radius 3 is 2.62 bits per heavy atom. The number of likely N-dealkylation sites (tertiary alicyclic amines) is 1. The van der Waals surface area contributed by atoms with E-state index in [0.717, 1.165) is 57.9 Å². The maximum atomic E-state index is 12.2. The highest BCUT2D eigenvalue weighted by molar-refractivity contribution is 14.0. The average Bonchev–Trinajstić information content (AvgIpc) is 3.32. The van der Waals surface area contributed by atoms with Gasteiger partial charge in [-0.25, -0.2) is 4.99 Å². The Morgan fingerprint density at radius 1 is 1.19 bits per heavy atom. The monoisotopic (exact) mass is 471 g/mol. The van der Waals surface area contributed by atoms with Gasteiger partial charge in [0.1, 0.15) is 6.54 Å². The van der Waals surface area contributed by atoms with Crippen LogP contribution in [0.3, 0.4) is 0 Å². The van der Waals surface area contributed by atoms with Crippen molar-refractivity contribution in [1.29, 1.82) is 0 Å². The minimum absolute atomic E-state index is 0. The highest BCUT2D eigenvalue weighted by Crippen LogP contribution is 2.19. The second kappa shape index (κ2) is 10.6. The van der Waals surface area contributed by atoms with Gasteiger partial charge in [-0.2, -0.15) is 0 Å². The van der Waals surface area contributed by atoms with Crippen molar-refractivity contribution in [2.75, 3.05) is 44.2 Å². The Morgan fingerprint density at radius 2 is 1.92 bits per heavy atom. The molecule has 0 spiro atoms. The first-order valence-electron chi connectivity index (χ1n) is 9.39. The smallest absolute Gasteiger partial charge is 0.244 e. The van der Waals surface area contributed by atoms with Crippen molar-refractivity contribution < 1.29 is 4.79 Å². The summed E-state index contributed by atoms with van der Waals surface area (Å²) in [5, 5.41) is 6.75. The molecule has 144 valence electrons. The number of nitrogens with one attached hydrogen (secondary N) is 2. The zero-order valence-corrected chi connectivity index (χ0v) is 17.8. The Kier molecular flexibility index (Phi) is 8.47. The quantitative estimate of drug-likeness (QED) is 0.392. The zero-order chi connectivity index (χ0) is 17.5. The number of carbonyl (C=O) groups is 1. The molecule has 2 aliphatic rings. The lowest BCUT2D eigenvalue weighted by Crippen LogP contribution is -2.45. The van der Waals surface area contributed by atoms with Crippen LogP contribution < -0.4 is 15.5 Å². The predicted octanol–water partition coefficient (Wildman–Crippen LogP) is 2.06. The SMILES string of the molecule is CCNC(=NCC(=O)N1CCCC1)NC1CCN(c2ccccc2)C1.I. The van der Waals surface area contributed by atoms with E-state index in [9.17, 15) is 4.79 Å². The fourth-order valence-electron chi connectivity index (χ4n) is 3.48. The van der Waals surface area contributed by atoms with Crippen LogP contribution in [0.15, 0.2) is 35.3 Å². The van der Waals surface area contributed by atoms with Gasteiger partial charge in [0.25, 0.3) is 0 Å². The molecule has 0 aliphatic carbocycles. The van der Waals surface area contributed by atoms with Crippen molar-refractivity contribution in [3.05, 3.63) is 30.3 Å². The van der Waals surface area contributed by atoms with E-state index >= 15 is 0 Å². The van der Waals surface area contributed by atoms with Crippen molar-refractivity contribution >= 4 is 41.5 Å². The fourth-order valence-corrected chi connectivity index (χ4v) is 3.48. The van der Waals surface area contributed by atoms with Gasteiger partial charge in [-0.15, -0.1) is 24.0 Å². The van der Waals surface area contributed by atoms with Crippen LogP contribution in [-0.2, 0) is 4.79 Å². The molecule has 6 nitrogen and oxygen atoms in total. The molecule has 1 unspecified atom stereocenters. The number of hydrogen-bond donors (Lipinski definition) is 2. The van der Waals surface area contributed by atoms with E-state index in [-0.39, 0.29) is 36.4 Å². The molecule has 2 fully saturated rings. The summed E-state index contributed by atoms with van der Waals surface area (Å²) >= 11 is 0. The summed E-state index contributed by atoms with van der Waals surface area (Å²) in [6.45, 7) is 6.82. The number of nitrogens with zero attached hydrogens (tertiary/aromatic N) is 3. The molecule has 1 atom stereocenters. The van der Waals surface area contributed by atoms with E-state index < -0.39 is 0 Å². The van der Waals surface area contributed by atoms with Crippen molar-refractivity contribution in [1.82, 2.24) is 15.5 Å². The molecular formula is C19H30IN5O. The minimum atomic E-state index is 0. The lowest BCUT2D eigenvalue weighted by atomic mass is 10.3. The van der Waals surface area contributed by atoms with E-state index in [1.807, 2.05) is 17.9 Å². The lowest BCUT2D eigenvalue weighted by molar-refractivity contribution is -0.128. The molecule has 2 saturated heterocycles. The number of benzene rings is 1. The van der Waals surface area contributed by atoms with E-state index in [1.54, 1.807) is 0 Å². The maximum absolute atomic E-state index is 12.2. The van der Waals surface area contributed by atoms with Gasteiger partial charge in [0, 0.05) is 44.5 Å². The molecule has 1 aromatic carbocycles. The molecular weight excluding hydrogens is 441 g/mol. The van der Waals surface area contributed by atoms with Crippen molar-refractivity contribution in [3.63, 3.8) is 0 Å². The number of guanidine groups is 1. The summed E-state index contributed by atoms with van der Waals surface area (Å²) in [6, 6.07) is 10.8. The van der Waals surface area contributed by atoms with E-state index in [2.05, 4.69) is 44.8 Å². The Bertz CT molecular complexity index is 589. The van der Waals surface area contributed by atoms with Gasteiger partial charge >= 0.3 is 0 Å². The summed E-state index contributed by atoms with van der Waals surface area (Å²) in [5.41, 5.74) is 1.26. The van der Waals surface area contributed by atoms with Crippen molar-refractivity contribution in [2.45, 2.75) is 32.2 Å². The summed E-state index contributed by atoms with van der Waals surface area (Å²) in [6.07, 6.45) is 3.30. The topological polar surface area (TPSA) is 60.0 Å². The lowest BCUT2D eigenvalue weighted by Gasteiger charge is -2.20. The number of hydrogen-bond acceptors (Lipinski definition) is 3. The van der Waals surface area contributed by atoms with Gasteiger partial charge in [-0.05, 0) is 38.3 Å². The summed E-state index contributed by atoms with van der Waals surface area (Å²) in [4.78, 5) is 21.0. The fraction of sp³-hybridized carbons (Fsp3) is 0.579. The van der Waals surface area contributed by atoms with E-state index in [0.29, 0.717) is 6.04 Å². The van der Waals surface area contributed by atoms with Gasteiger partial charge in [0.05, 0.1) is 0 Å². The molecule has 0 radical (unpaired) electrons. The van der Waals surface area contributed by atoms with Gasteiger partial charge in [-0.3, -0.25) is 4.79 Å². The second-order valence-electron chi connectivity index (χ2n) is 6.69. The molecule has 0 aromatic heterocycles. The van der Waals surface area contributed by atoms with Gasteiger partial charge < -0.3 is 20.4 Å². The first kappa shape index (κ1) is 20.8. The van der Waals surface area contributed by atoms with E-state index in [4.69, 9.17) is 0 Å². The van der Waals surface area contributed by atoms with Crippen molar-refractivity contribution in [2.24, 2.45) is 4.99 Å². The largest absolute Gasteiger partial charge is 0.369 e. The number of carbonyl (C=O) groups excluding carboxylic acids is 1. The molecule has 3 rings (SSSR count). The highest BCUT2D eigenvalue weighted by Gasteiger charge is 2.23. The number of para-hydroxylation sites is 1. The Balaban J connectivity index is 0.00000243. The third-order valence-corrected chi connectivity index (χ3v) is 4.83. The molecule has 0 bridgehead atoms. The number of amides is 1. The standard InChI is InChI=1S/C19H29N5O.HI/c1-2-20-19(21-14-18(25)23-11-6-7-12-23)22-16-10-13-24(15-16)17-8-4-3-5-9-17;/h3-5,8-9,16H,2,6-7,10-15H2,1H3,(H2,20,21,22);1H. The van der Waals surface area contributed by atoms with Gasteiger partial charge in [0.2, 0.25) is 5.91 Å². The number of aliphatic imine (C=N–C) groups is 1. The van der Waals surface area contributed by atoms with Crippen LogP contribution in [-0.4, -0.2) is 62.1 Å². The Labute approximate surface area is 173 Å². The first-order chi connectivity index (χ1) is 12.3. The van der Waals surface area contributed by atoms with Gasteiger partial charge in [-0.1, -0.05) is 18.2 Å². The molecule has 1 aromatic rings. The van der Waals surface area contributed by atoms with Crippen LogP contribution in [0.1, 0.15) is 26.2 Å². The normalized spacial score (nSPS) is 20.0. The van der Waals surface area contributed by atoms with Gasteiger partial charge in [0.15, 0.2) is 5.96 Å². The van der Waals surface area contributed by atoms with Crippen LogP contribution in [0.2, 0.25) is 0 Å². The molecule has 7 heteroatoms. The third-order valence-electron chi connectivity index (χ3n) is 4.83. The average molecular weight is 471 g/mol. The maximum Gasteiger partial charge on any atom is 0.244 e. The first-order valence-corrected chi connectivity index (χ1v) is 9.39. The molecule has 1 amide bonds. The molecule has 26 heavy (non-hydrogen) atoms. The van der Waals surface area contributed by atoms with Crippen LogP contribution in [0, 0.1) is 0 Å². The molecule has 0 saturated carbocycles. The van der Waals surface area contributed by atoms with Crippen LogP contribution in [0.5, 0.6) is 0 Å². The number of halogens is 1. The highest BCUT2D eigenvalue weighted by atomic mass is 127. The van der Waals surface area contributed by atoms with Crippen molar-refractivity contribution in [3.8, 4) is 0 Å². The minimum Gasteiger partial charge on any atom is -0.369 e. The summed E-state index contributed by atoms with van der Waals surface area (Å²) in [7, 11) is 0. The molecule has 2 heterocycles. The number of anilines is 1. The zero-order valence-electron chi connectivity index (χ0n) is 15.5. The third kappa shape index (κ3) is 5.75. The molecule has 2 aliphatic heterocycles. The Hall–Kier alpha value is -1.51. The predicted molar refractivity (Wildman–Crippen MR) is 117 cm³/mol. The van der Waals surface area contributed by atoms with Crippen LogP contribution in [0.4, 0.5) is 5.69 Å². The van der Waals surface area contributed by atoms with Crippen LogP contribution in [0.25, 0.3) is 0 Å². The van der Waals surface area contributed by atoms with Crippen LogP contribution >= 0.6 is 24.0 Å². The molecule has 2 N–H and O–H groups in total. The summed E-state index contributed by atoms with van der Waals surface area (Å²) < 4.78 is 0. The second-order valence-corrected chi connectivity index (χ2v) is 6.69. The number of rotatable bonds is 5.